The van der Waals surface area contributed by atoms with Crippen molar-refractivity contribution >= 4 is 0 Å². The summed E-state index contributed by atoms with van der Waals surface area (Å²) in [6.07, 6.45) is 5.98. The zero-order valence-corrected chi connectivity index (χ0v) is 13.0. The summed E-state index contributed by atoms with van der Waals surface area (Å²) in [7, 11) is 0. The Morgan fingerprint density at radius 3 is 2.91 bits per heavy atom. The summed E-state index contributed by atoms with van der Waals surface area (Å²) in [4.78, 5) is 9.54. The molecule has 1 fully saturated rings. The Morgan fingerprint density at radius 2 is 2.09 bits per heavy atom. The Labute approximate surface area is 135 Å². The van der Waals surface area contributed by atoms with Gasteiger partial charge in [0, 0.05) is 19.6 Å². The Bertz CT molecular complexity index is 637. The number of aromatic amines is 1. The molecule has 0 unspecified atom stereocenters. The summed E-state index contributed by atoms with van der Waals surface area (Å²) in [6, 6.07) is 6.20. The Kier molecular flexibility index (Phi) is 4.17. The molecule has 0 radical (unpaired) electrons. The summed E-state index contributed by atoms with van der Waals surface area (Å²) in [5.41, 5.74) is 2.30. The summed E-state index contributed by atoms with van der Waals surface area (Å²) in [6.45, 7) is 4.01. The van der Waals surface area contributed by atoms with Crippen molar-refractivity contribution < 1.29 is 14.2 Å². The van der Waals surface area contributed by atoms with Gasteiger partial charge in [0.15, 0.2) is 11.5 Å². The first-order valence-corrected chi connectivity index (χ1v) is 8.06. The van der Waals surface area contributed by atoms with Gasteiger partial charge in [-0.1, -0.05) is 6.07 Å². The van der Waals surface area contributed by atoms with Gasteiger partial charge < -0.3 is 19.2 Å². The van der Waals surface area contributed by atoms with Gasteiger partial charge in [-0.25, -0.2) is 4.98 Å². The summed E-state index contributed by atoms with van der Waals surface area (Å²) >= 11 is 0. The Hall–Kier alpha value is -2.05. The molecule has 0 atom stereocenters. The van der Waals surface area contributed by atoms with E-state index in [1.165, 1.54) is 5.56 Å². The first-order chi connectivity index (χ1) is 11.4. The second-order valence-corrected chi connectivity index (χ2v) is 6.05. The predicted octanol–water partition coefficient (Wildman–Crippen LogP) is 2.32. The summed E-state index contributed by atoms with van der Waals surface area (Å²) in [5, 5.41) is 0. The number of nitrogens with zero attached hydrogens (tertiary/aromatic N) is 2. The molecule has 6 nitrogen and oxygen atoms in total. The Morgan fingerprint density at radius 1 is 1.22 bits per heavy atom. The first-order valence-electron chi connectivity index (χ1n) is 8.06. The van der Waals surface area contributed by atoms with E-state index in [1.807, 2.05) is 12.3 Å². The Balaban J connectivity index is 1.25. The van der Waals surface area contributed by atoms with Gasteiger partial charge in [-0.15, -0.1) is 0 Å². The summed E-state index contributed by atoms with van der Waals surface area (Å²) in [5.74, 6) is 1.71. The van der Waals surface area contributed by atoms with E-state index in [0.29, 0.717) is 19.5 Å². The number of likely N-dealkylation sites (tertiary alicyclic amines) is 1. The number of H-pyrrole nitrogens is 1. The predicted molar refractivity (Wildman–Crippen MR) is 84.2 cm³/mol. The number of fused-ring (bicyclic) bond motifs is 1. The average Bonchev–Trinajstić information content (AvgIpc) is 3.25. The SMILES string of the molecule is c1ncc(COC2CCN(Cc3ccc4c(c3)OCO4)CC2)[nH]1. The third-order valence-corrected chi connectivity index (χ3v) is 4.41. The first kappa shape index (κ1) is 14.5. The van der Waals surface area contributed by atoms with Gasteiger partial charge in [0.2, 0.25) is 6.79 Å². The second kappa shape index (κ2) is 6.60. The number of ether oxygens (including phenoxy) is 3. The van der Waals surface area contributed by atoms with Gasteiger partial charge in [0.1, 0.15) is 0 Å². The van der Waals surface area contributed by atoms with Gasteiger partial charge in [-0.2, -0.15) is 0 Å². The van der Waals surface area contributed by atoms with Crippen molar-refractivity contribution in [3.8, 4) is 11.5 Å². The number of rotatable bonds is 5. The van der Waals surface area contributed by atoms with Crippen LogP contribution in [0.15, 0.2) is 30.7 Å². The van der Waals surface area contributed by atoms with Crippen molar-refractivity contribution in [3.63, 3.8) is 0 Å². The van der Waals surface area contributed by atoms with Crippen LogP contribution in [0, 0.1) is 0 Å². The molecule has 3 heterocycles. The average molecular weight is 315 g/mol. The fourth-order valence-electron chi connectivity index (χ4n) is 3.10. The summed E-state index contributed by atoms with van der Waals surface area (Å²) < 4.78 is 16.8. The van der Waals surface area contributed by atoms with Gasteiger partial charge in [-0.3, -0.25) is 4.90 Å². The fraction of sp³-hybridized carbons (Fsp3) is 0.471. The molecule has 1 aromatic carbocycles. The number of aromatic nitrogens is 2. The lowest BCUT2D eigenvalue weighted by atomic mass is 10.1. The molecule has 4 rings (SSSR count). The van der Waals surface area contributed by atoms with Crippen LogP contribution in [0.5, 0.6) is 11.5 Å². The highest BCUT2D eigenvalue weighted by Crippen LogP contribution is 2.33. The van der Waals surface area contributed by atoms with Crippen LogP contribution in [0.3, 0.4) is 0 Å². The molecule has 2 aliphatic heterocycles. The van der Waals surface area contributed by atoms with Crippen molar-refractivity contribution in [1.82, 2.24) is 14.9 Å². The van der Waals surface area contributed by atoms with Crippen molar-refractivity contribution in [2.75, 3.05) is 19.9 Å². The van der Waals surface area contributed by atoms with Gasteiger partial charge in [-0.05, 0) is 30.5 Å². The zero-order chi connectivity index (χ0) is 15.5. The van der Waals surface area contributed by atoms with E-state index in [-0.39, 0.29) is 0 Å². The van der Waals surface area contributed by atoms with Crippen molar-refractivity contribution in [1.29, 1.82) is 0 Å². The van der Waals surface area contributed by atoms with E-state index >= 15 is 0 Å². The number of piperidine rings is 1. The minimum absolute atomic E-state index is 0.331. The van der Waals surface area contributed by atoms with Crippen LogP contribution in [0.1, 0.15) is 24.1 Å². The topological polar surface area (TPSA) is 59.6 Å². The lowest BCUT2D eigenvalue weighted by Gasteiger charge is -2.31. The number of hydrogen-bond acceptors (Lipinski definition) is 5. The van der Waals surface area contributed by atoms with E-state index in [0.717, 1.165) is 49.7 Å². The standard InChI is InChI=1S/C17H21N3O3/c1-2-16-17(23-12-22-16)7-13(1)9-20-5-3-15(4-6-20)21-10-14-8-18-11-19-14/h1-2,7-8,11,15H,3-6,9-10,12H2,(H,18,19). The second-order valence-electron chi connectivity index (χ2n) is 6.05. The van der Waals surface area contributed by atoms with Crippen LogP contribution in [0.25, 0.3) is 0 Å². The van der Waals surface area contributed by atoms with E-state index in [1.54, 1.807) is 6.33 Å². The highest BCUT2D eigenvalue weighted by molar-refractivity contribution is 5.44. The molecule has 0 spiro atoms. The molecule has 2 aliphatic rings. The van der Waals surface area contributed by atoms with Gasteiger partial charge in [0.05, 0.1) is 30.9 Å². The third-order valence-electron chi connectivity index (χ3n) is 4.41. The number of nitrogens with one attached hydrogen (secondary N) is 1. The number of imidazole rings is 1. The van der Waals surface area contributed by atoms with E-state index in [2.05, 4.69) is 27.0 Å². The van der Waals surface area contributed by atoms with E-state index in [4.69, 9.17) is 14.2 Å². The van der Waals surface area contributed by atoms with Crippen molar-refractivity contribution in [3.05, 3.63) is 42.0 Å². The zero-order valence-electron chi connectivity index (χ0n) is 13.0. The number of hydrogen-bond donors (Lipinski definition) is 1. The lowest BCUT2D eigenvalue weighted by Crippen LogP contribution is -2.36. The molecule has 122 valence electrons. The fourth-order valence-corrected chi connectivity index (χ4v) is 3.10. The molecular formula is C17H21N3O3. The molecule has 1 aromatic heterocycles. The molecular weight excluding hydrogens is 294 g/mol. The maximum absolute atomic E-state index is 5.95. The van der Waals surface area contributed by atoms with Crippen LogP contribution in [-0.2, 0) is 17.9 Å². The monoisotopic (exact) mass is 315 g/mol. The quantitative estimate of drug-likeness (QED) is 0.917. The lowest BCUT2D eigenvalue weighted by molar-refractivity contribution is -0.00511. The minimum Gasteiger partial charge on any atom is -0.454 e. The molecule has 0 bridgehead atoms. The molecule has 2 aromatic rings. The smallest absolute Gasteiger partial charge is 0.231 e. The maximum Gasteiger partial charge on any atom is 0.231 e. The van der Waals surface area contributed by atoms with Crippen LogP contribution in [0.2, 0.25) is 0 Å². The van der Waals surface area contributed by atoms with Crippen LogP contribution in [-0.4, -0.2) is 40.9 Å². The third kappa shape index (κ3) is 3.48. The van der Waals surface area contributed by atoms with E-state index in [9.17, 15) is 0 Å². The van der Waals surface area contributed by atoms with Crippen LogP contribution < -0.4 is 9.47 Å². The molecule has 0 amide bonds. The van der Waals surface area contributed by atoms with Gasteiger partial charge in [0.25, 0.3) is 0 Å². The number of benzene rings is 1. The highest BCUT2D eigenvalue weighted by Gasteiger charge is 2.21. The van der Waals surface area contributed by atoms with Crippen LogP contribution >= 0.6 is 0 Å². The molecule has 23 heavy (non-hydrogen) atoms. The maximum atomic E-state index is 5.95. The molecule has 0 saturated carbocycles. The van der Waals surface area contributed by atoms with Crippen LogP contribution in [0.4, 0.5) is 0 Å². The normalized spacial score (nSPS) is 18.4. The minimum atomic E-state index is 0.331. The molecule has 1 N–H and O–H groups in total. The van der Waals surface area contributed by atoms with Crippen molar-refractivity contribution in [2.45, 2.75) is 32.1 Å². The van der Waals surface area contributed by atoms with Crippen molar-refractivity contribution in [2.24, 2.45) is 0 Å². The molecule has 6 heteroatoms. The van der Waals surface area contributed by atoms with Gasteiger partial charge >= 0.3 is 0 Å². The molecule has 0 aliphatic carbocycles. The highest BCUT2D eigenvalue weighted by atomic mass is 16.7. The van der Waals surface area contributed by atoms with E-state index < -0.39 is 0 Å². The molecule has 1 saturated heterocycles. The largest absolute Gasteiger partial charge is 0.454 e.